The zero-order valence-corrected chi connectivity index (χ0v) is 9.90. The van der Waals surface area contributed by atoms with Crippen LogP contribution in [-0.2, 0) is 6.42 Å². The fourth-order valence-electron chi connectivity index (χ4n) is 2.63. The molecule has 0 unspecified atom stereocenters. The highest BCUT2D eigenvalue weighted by atomic mass is 19.1. The maximum absolute atomic E-state index is 13.1. The standard InChI is InChI=1S/C16H13FO/c17-13-7-9-15-12(10-13)6-8-14(16(15)18)11-4-2-1-3-5-11/h1-5,7,9-10,14H,6,8H2/t14-/m1/s1. The molecule has 2 aromatic carbocycles. The van der Waals surface area contributed by atoms with Crippen molar-refractivity contribution in [1.29, 1.82) is 0 Å². The van der Waals surface area contributed by atoms with Gasteiger partial charge in [-0.05, 0) is 42.2 Å². The molecule has 18 heavy (non-hydrogen) atoms. The van der Waals surface area contributed by atoms with Gasteiger partial charge >= 0.3 is 0 Å². The number of fused-ring (bicyclic) bond motifs is 1. The number of Topliss-reactive ketones (excluding diaryl/α,β-unsaturated/α-hetero) is 1. The van der Waals surface area contributed by atoms with Gasteiger partial charge in [-0.25, -0.2) is 4.39 Å². The molecule has 0 amide bonds. The van der Waals surface area contributed by atoms with Crippen molar-refractivity contribution in [1.82, 2.24) is 0 Å². The molecule has 0 aliphatic heterocycles. The summed E-state index contributed by atoms with van der Waals surface area (Å²) in [4.78, 5) is 12.4. The quantitative estimate of drug-likeness (QED) is 0.742. The van der Waals surface area contributed by atoms with Crippen molar-refractivity contribution in [3.63, 3.8) is 0 Å². The van der Waals surface area contributed by atoms with Crippen LogP contribution in [0.5, 0.6) is 0 Å². The number of carbonyl (C=O) groups excluding carboxylic acids is 1. The van der Waals surface area contributed by atoms with Crippen molar-refractivity contribution in [2.75, 3.05) is 0 Å². The minimum atomic E-state index is -0.264. The number of carbonyl (C=O) groups is 1. The summed E-state index contributed by atoms with van der Waals surface area (Å²) < 4.78 is 13.1. The number of halogens is 1. The first-order chi connectivity index (χ1) is 8.75. The van der Waals surface area contributed by atoms with Crippen LogP contribution >= 0.6 is 0 Å². The van der Waals surface area contributed by atoms with Crippen molar-refractivity contribution >= 4 is 5.78 Å². The van der Waals surface area contributed by atoms with Gasteiger partial charge in [0.1, 0.15) is 5.82 Å². The molecule has 90 valence electrons. The van der Waals surface area contributed by atoms with E-state index in [1.165, 1.54) is 12.1 Å². The summed E-state index contributed by atoms with van der Waals surface area (Å²) >= 11 is 0. The van der Waals surface area contributed by atoms with Gasteiger partial charge in [0.25, 0.3) is 0 Å². The van der Waals surface area contributed by atoms with E-state index in [0.717, 1.165) is 24.0 Å². The molecule has 1 atom stereocenters. The Morgan fingerprint density at radius 3 is 2.61 bits per heavy atom. The summed E-state index contributed by atoms with van der Waals surface area (Å²) in [5, 5.41) is 0. The first-order valence-corrected chi connectivity index (χ1v) is 6.13. The van der Waals surface area contributed by atoms with E-state index < -0.39 is 0 Å². The monoisotopic (exact) mass is 240 g/mol. The van der Waals surface area contributed by atoms with Crippen LogP contribution in [0.1, 0.15) is 33.8 Å². The topological polar surface area (TPSA) is 17.1 Å². The summed E-state index contributed by atoms with van der Waals surface area (Å²) in [5.41, 5.74) is 2.57. The lowest BCUT2D eigenvalue weighted by Gasteiger charge is -2.23. The molecule has 0 N–H and O–H groups in total. The maximum Gasteiger partial charge on any atom is 0.170 e. The zero-order chi connectivity index (χ0) is 12.5. The molecule has 0 radical (unpaired) electrons. The number of aryl methyl sites for hydroxylation is 1. The summed E-state index contributed by atoms with van der Waals surface area (Å²) in [7, 11) is 0. The Kier molecular flexibility index (Phi) is 2.71. The first kappa shape index (κ1) is 11.1. The lowest BCUT2D eigenvalue weighted by atomic mass is 9.79. The molecule has 0 saturated carbocycles. The van der Waals surface area contributed by atoms with E-state index in [-0.39, 0.29) is 17.5 Å². The molecule has 0 bridgehead atoms. The van der Waals surface area contributed by atoms with E-state index in [2.05, 4.69) is 0 Å². The van der Waals surface area contributed by atoms with Crippen molar-refractivity contribution in [3.8, 4) is 0 Å². The number of hydrogen-bond acceptors (Lipinski definition) is 1. The normalized spacial score (nSPS) is 18.5. The van der Waals surface area contributed by atoms with Crippen LogP contribution in [0.25, 0.3) is 0 Å². The minimum absolute atomic E-state index is 0.0795. The molecule has 2 aromatic rings. The van der Waals surface area contributed by atoms with Crippen LogP contribution in [0.4, 0.5) is 4.39 Å². The lowest BCUT2D eigenvalue weighted by Crippen LogP contribution is -2.21. The van der Waals surface area contributed by atoms with E-state index >= 15 is 0 Å². The predicted octanol–water partition coefficient (Wildman–Crippen LogP) is 3.74. The molecule has 3 rings (SSSR count). The third kappa shape index (κ3) is 1.84. The molecule has 0 fully saturated rings. The van der Waals surface area contributed by atoms with Crippen LogP contribution in [0.3, 0.4) is 0 Å². The fraction of sp³-hybridized carbons (Fsp3) is 0.188. The molecule has 0 saturated heterocycles. The zero-order valence-electron chi connectivity index (χ0n) is 9.90. The molecule has 1 aliphatic carbocycles. The van der Waals surface area contributed by atoms with Gasteiger partial charge in [0.2, 0.25) is 0 Å². The van der Waals surface area contributed by atoms with Crippen LogP contribution in [-0.4, -0.2) is 5.78 Å². The third-order valence-corrected chi connectivity index (χ3v) is 3.55. The van der Waals surface area contributed by atoms with Crippen LogP contribution < -0.4 is 0 Å². The summed E-state index contributed by atoms with van der Waals surface area (Å²) in [5.74, 6) is -0.230. The van der Waals surface area contributed by atoms with Crippen LogP contribution in [0.15, 0.2) is 48.5 Å². The SMILES string of the molecule is O=C1c2ccc(F)cc2CC[C@@H]1c1ccccc1. The molecule has 0 aromatic heterocycles. The predicted molar refractivity (Wildman–Crippen MR) is 68.2 cm³/mol. The highest BCUT2D eigenvalue weighted by Gasteiger charge is 2.28. The molecular weight excluding hydrogens is 227 g/mol. The van der Waals surface area contributed by atoms with Gasteiger partial charge in [-0.15, -0.1) is 0 Å². The van der Waals surface area contributed by atoms with Gasteiger partial charge < -0.3 is 0 Å². The number of rotatable bonds is 1. The Labute approximate surface area is 105 Å². The van der Waals surface area contributed by atoms with E-state index in [1.807, 2.05) is 30.3 Å². The smallest absolute Gasteiger partial charge is 0.170 e. The average molecular weight is 240 g/mol. The van der Waals surface area contributed by atoms with Crippen molar-refractivity contribution in [2.45, 2.75) is 18.8 Å². The lowest BCUT2D eigenvalue weighted by molar-refractivity contribution is 0.0946. The van der Waals surface area contributed by atoms with Crippen LogP contribution in [0, 0.1) is 5.82 Å². The van der Waals surface area contributed by atoms with Gasteiger partial charge in [-0.2, -0.15) is 0 Å². The summed E-state index contributed by atoms with van der Waals surface area (Å²) in [6.07, 6.45) is 1.53. The number of hydrogen-bond donors (Lipinski definition) is 0. The Hall–Kier alpha value is -1.96. The highest BCUT2D eigenvalue weighted by Crippen LogP contribution is 2.32. The Balaban J connectivity index is 2.00. The van der Waals surface area contributed by atoms with Crippen molar-refractivity contribution < 1.29 is 9.18 Å². The second kappa shape index (κ2) is 4.37. The number of benzene rings is 2. The third-order valence-electron chi connectivity index (χ3n) is 3.55. The van der Waals surface area contributed by atoms with Gasteiger partial charge in [-0.3, -0.25) is 4.79 Å². The second-order valence-electron chi connectivity index (χ2n) is 4.67. The summed E-state index contributed by atoms with van der Waals surface area (Å²) in [6.45, 7) is 0. The van der Waals surface area contributed by atoms with Crippen molar-refractivity contribution in [2.24, 2.45) is 0 Å². The van der Waals surface area contributed by atoms with E-state index in [9.17, 15) is 9.18 Å². The number of ketones is 1. The van der Waals surface area contributed by atoms with Gasteiger partial charge in [0.05, 0.1) is 0 Å². The molecular formula is C16H13FO. The largest absolute Gasteiger partial charge is 0.293 e. The van der Waals surface area contributed by atoms with E-state index in [4.69, 9.17) is 0 Å². The van der Waals surface area contributed by atoms with E-state index in [1.54, 1.807) is 6.07 Å². The van der Waals surface area contributed by atoms with Gasteiger partial charge in [0, 0.05) is 11.5 Å². The second-order valence-corrected chi connectivity index (χ2v) is 4.67. The summed E-state index contributed by atoms with van der Waals surface area (Å²) in [6, 6.07) is 14.3. The molecule has 0 spiro atoms. The van der Waals surface area contributed by atoms with E-state index in [0.29, 0.717) is 5.56 Å². The Bertz CT molecular complexity index is 589. The Morgan fingerprint density at radius 2 is 1.83 bits per heavy atom. The average Bonchev–Trinajstić information content (AvgIpc) is 2.40. The van der Waals surface area contributed by atoms with Crippen LogP contribution in [0.2, 0.25) is 0 Å². The minimum Gasteiger partial charge on any atom is -0.293 e. The molecule has 1 aliphatic rings. The molecule has 0 heterocycles. The maximum atomic E-state index is 13.1. The van der Waals surface area contributed by atoms with Crippen molar-refractivity contribution in [3.05, 3.63) is 71.0 Å². The molecule has 2 heteroatoms. The van der Waals surface area contributed by atoms with Gasteiger partial charge in [0.15, 0.2) is 5.78 Å². The Morgan fingerprint density at radius 1 is 1.06 bits per heavy atom. The van der Waals surface area contributed by atoms with Gasteiger partial charge in [-0.1, -0.05) is 30.3 Å². The molecule has 1 nitrogen and oxygen atoms in total. The fourth-order valence-corrected chi connectivity index (χ4v) is 2.63. The highest BCUT2D eigenvalue weighted by molar-refractivity contribution is 6.03. The first-order valence-electron chi connectivity index (χ1n) is 6.13.